The number of furan rings is 1. The molecule has 1 unspecified atom stereocenters. The van der Waals surface area contributed by atoms with E-state index < -0.39 is 18.0 Å². The minimum atomic E-state index is -1.07. The maximum Gasteiger partial charge on any atom is 0.332 e. The quantitative estimate of drug-likeness (QED) is 0.495. The van der Waals surface area contributed by atoms with Crippen LogP contribution in [0.5, 0.6) is 0 Å². The van der Waals surface area contributed by atoms with Crippen molar-refractivity contribution in [2.75, 3.05) is 5.32 Å². The minimum absolute atomic E-state index is 0.417. The highest BCUT2D eigenvalue weighted by Crippen LogP contribution is 2.23. The molecule has 0 saturated heterocycles. The van der Waals surface area contributed by atoms with Gasteiger partial charge >= 0.3 is 5.97 Å². The van der Waals surface area contributed by atoms with Gasteiger partial charge in [-0.3, -0.25) is 4.79 Å². The zero-order valence-electron chi connectivity index (χ0n) is 15.7. The van der Waals surface area contributed by atoms with Gasteiger partial charge in [0, 0.05) is 17.3 Å². The fourth-order valence-corrected chi connectivity index (χ4v) is 2.66. The van der Waals surface area contributed by atoms with Crippen LogP contribution in [0.4, 0.5) is 5.69 Å². The summed E-state index contributed by atoms with van der Waals surface area (Å²) in [7, 11) is 0. The summed E-state index contributed by atoms with van der Waals surface area (Å²) >= 11 is 0. The third kappa shape index (κ3) is 4.98. The summed E-state index contributed by atoms with van der Waals surface area (Å²) in [6.07, 6.45) is 3.16. The lowest BCUT2D eigenvalue weighted by atomic mass is 10.1. The second-order valence-electron chi connectivity index (χ2n) is 6.38. The third-order valence-electron chi connectivity index (χ3n) is 4.15. The van der Waals surface area contributed by atoms with Crippen molar-refractivity contribution in [1.29, 1.82) is 0 Å². The fraction of sp³-hybridized carbons (Fsp3) is 0.130. The molecule has 0 radical (unpaired) electrons. The molecule has 0 aliphatic heterocycles. The molecule has 1 aromatic heterocycles. The van der Waals surface area contributed by atoms with Gasteiger partial charge in [0.2, 0.25) is 6.10 Å². The zero-order valence-corrected chi connectivity index (χ0v) is 15.7. The van der Waals surface area contributed by atoms with Gasteiger partial charge < -0.3 is 14.5 Å². The molecule has 0 aliphatic rings. The molecular formula is C23H21NO4. The lowest BCUT2D eigenvalue weighted by Gasteiger charge is -2.18. The molecule has 2 aromatic carbocycles. The van der Waals surface area contributed by atoms with Crippen LogP contribution in [0.3, 0.4) is 0 Å². The first-order chi connectivity index (χ1) is 13.5. The molecule has 0 aliphatic carbocycles. The number of rotatable bonds is 6. The Labute approximate surface area is 163 Å². The van der Waals surface area contributed by atoms with Gasteiger partial charge in [-0.25, -0.2) is 4.79 Å². The Morgan fingerprint density at radius 1 is 1.04 bits per heavy atom. The van der Waals surface area contributed by atoms with E-state index in [1.165, 1.54) is 18.4 Å². The molecule has 1 atom stereocenters. The van der Waals surface area contributed by atoms with E-state index in [9.17, 15) is 9.59 Å². The van der Waals surface area contributed by atoms with Crippen LogP contribution in [0, 0.1) is 13.8 Å². The normalized spacial score (nSPS) is 11.9. The lowest BCUT2D eigenvalue weighted by molar-refractivity contribution is -0.149. The van der Waals surface area contributed by atoms with Gasteiger partial charge in [-0.15, -0.1) is 0 Å². The van der Waals surface area contributed by atoms with Gasteiger partial charge in [0.1, 0.15) is 5.76 Å². The summed E-state index contributed by atoms with van der Waals surface area (Å²) in [6.45, 7) is 3.86. The molecule has 28 heavy (non-hydrogen) atoms. The van der Waals surface area contributed by atoms with Crippen LogP contribution in [0.25, 0.3) is 6.08 Å². The Morgan fingerprint density at radius 3 is 2.54 bits per heavy atom. The van der Waals surface area contributed by atoms with Crippen LogP contribution < -0.4 is 5.32 Å². The predicted octanol–water partition coefficient (Wildman–Crippen LogP) is 4.83. The van der Waals surface area contributed by atoms with Crippen molar-refractivity contribution in [3.8, 4) is 0 Å². The molecule has 3 aromatic rings. The summed E-state index contributed by atoms with van der Waals surface area (Å²) in [5.74, 6) is -0.533. The van der Waals surface area contributed by atoms with E-state index in [2.05, 4.69) is 5.32 Å². The smallest absolute Gasteiger partial charge is 0.332 e. The van der Waals surface area contributed by atoms with E-state index in [1.807, 2.05) is 38.1 Å². The minimum Gasteiger partial charge on any atom is -0.465 e. The van der Waals surface area contributed by atoms with Crippen molar-refractivity contribution < 1.29 is 18.7 Å². The van der Waals surface area contributed by atoms with Crippen molar-refractivity contribution in [2.45, 2.75) is 20.0 Å². The number of hydrogen-bond acceptors (Lipinski definition) is 4. The van der Waals surface area contributed by atoms with Crippen LogP contribution in [0.15, 0.2) is 77.4 Å². The van der Waals surface area contributed by atoms with E-state index in [-0.39, 0.29) is 0 Å². The van der Waals surface area contributed by atoms with Crippen molar-refractivity contribution in [2.24, 2.45) is 0 Å². The zero-order chi connectivity index (χ0) is 19.9. The maximum absolute atomic E-state index is 12.9. The third-order valence-corrected chi connectivity index (χ3v) is 4.15. The van der Waals surface area contributed by atoms with Gasteiger partial charge in [-0.2, -0.15) is 0 Å². The number of carbonyl (C=O) groups excluding carboxylic acids is 2. The summed E-state index contributed by atoms with van der Waals surface area (Å²) < 4.78 is 10.6. The molecule has 1 N–H and O–H groups in total. The van der Waals surface area contributed by atoms with Gasteiger partial charge in [0.05, 0.1) is 6.26 Å². The SMILES string of the molecule is Cc1ccc(C)c(NC(=O)C(OC(=O)C=Cc2ccco2)c2ccccc2)c1. The molecule has 0 saturated carbocycles. The Bertz CT molecular complexity index is 975. The molecule has 0 bridgehead atoms. The van der Waals surface area contributed by atoms with Crippen LogP contribution >= 0.6 is 0 Å². The largest absolute Gasteiger partial charge is 0.465 e. The van der Waals surface area contributed by atoms with E-state index in [4.69, 9.17) is 9.15 Å². The van der Waals surface area contributed by atoms with E-state index in [0.717, 1.165) is 11.1 Å². The molecule has 0 fully saturated rings. The molecule has 5 heteroatoms. The van der Waals surface area contributed by atoms with E-state index >= 15 is 0 Å². The summed E-state index contributed by atoms with van der Waals surface area (Å²) in [6, 6.07) is 18.1. The number of ether oxygens (including phenoxy) is 1. The standard InChI is InChI=1S/C23H21NO4/c1-16-10-11-17(2)20(15-16)24-23(26)22(18-7-4-3-5-8-18)28-21(25)13-12-19-9-6-14-27-19/h3-15,22H,1-2H3,(H,24,26). The Balaban J connectivity index is 1.79. The molecule has 1 amide bonds. The van der Waals surface area contributed by atoms with Crippen molar-refractivity contribution in [3.05, 3.63) is 95.5 Å². The van der Waals surface area contributed by atoms with Gasteiger partial charge in [0.25, 0.3) is 5.91 Å². The van der Waals surface area contributed by atoms with Crippen LogP contribution in [0.1, 0.15) is 28.6 Å². The highest BCUT2D eigenvalue weighted by atomic mass is 16.5. The highest BCUT2D eigenvalue weighted by molar-refractivity contribution is 5.98. The first kappa shape index (κ1) is 19.2. The Hall–Kier alpha value is -3.60. The first-order valence-corrected chi connectivity index (χ1v) is 8.88. The second kappa shape index (κ2) is 8.86. The molecular weight excluding hydrogens is 354 g/mol. The molecule has 1 heterocycles. The van der Waals surface area contributed by atoms with Gasteiger partial charge in [0.15, 0.2) is 0 Å². The monoisotopic (exact) mass is 375 g/mol. The van der Waals surface area contributed by atoms with Crippen LogP contribution in [-0.2, 0) is 14.3 Å². The predicted molar refractivity (Wildman–Crippen MR) is 108 cm³/mol. The summed E-state index contributed by atoms with van der Waals surface area (Å²) in [5, 5.41) is 2.87. The number of aryl methyl sites for hydroxylation is 2. The Kier molecular flexibility index (Phi) is 6.07. The van der Waals surface area contributed by atoms with Crippen molar-refractivity contribution in [3.63, 3.8) is 0 Å². The lowest BCUT2D eigenvalue weighted by Crippen LogP contribution is -2.25. The Morgan fingerprint density at radius 2 is 1.82 bits per heavy atom. The average Bonchev–Trinajstić information content (AvgIpc) is 3.21. The average molecular weight is 375 g/mol. The van der Waals surface area contributed by atoms with Gasteiger partial charge in [-0.05, 0) is 49.2 Å². The number of amides is 1. The number of benzene rings is 2. The summed E-state index contributed by atoms with van der Waals surface area (Å²) in [5.41, 5.74) is 3.23. The topological polar surface area (TPSA) is 68.5 Å². The van der Waals surface area contributed by atoms with E-state index in [1.54, 1.807) is 36.4 Å². The van der Waals surface area contributed by atoms with Crippen molar-refractivity contribution in [1.82, 2.24) is 0 Å². The molecule has 0 spiro atoms. The number of hydrogen-bond donors (Lipinski definition) is 1. The number of carbonyl (C=O) groups is 2. The summed E-state index contributed by atoms with van der Waals surface area (Å²) in [4.78, 5) is 25.2. The first-order valence-electron chi connectivity index (χ1n) is 8.88. The van der Waals surface area contributed by atoms with Crippen LogP contribution in [0.2, 0.25) is 0 Å². The molecule has 3 rings (SSSR count). The highest BCUT2D eigenvalue weighted by Gasteiger charge is 2.24. The van der Waals surface area contributed by atoms with Gasteiger partial charge in [-0.1, -0.05) is 42.5 Å². The maximum atomic E-state index is 12.9. The molecule has 142 valence electrons. The van der Waals surface area contributed by atoms with Crippen molar-refractivity contribution >= 4 is 23.6 Å². The number of anilines is 1. The number of nitrogens with one attached hydrogen (secondary N) is 1. The number of esters is 1. The fourth-order valence-electron chi connectivity index (χ4n) is 2.66. The van der Waals surface area contributed by atoms with E-state index in [0.29, 0.717) is 17.0 Å². The second-order valence-corrected chi connectivity index (χ2v) is 6.38. The molecule has 5 nitrogen and oxygen atoms in total. The van der Waals surface area contributed by atoms with Crippen LogP contribution in [-0.4, -0.2) is 11.9 Å².